The van der Waals surface area contributed by atoms with Gasteiger partial charge in [0.05, 0.1) is 6.54 Å². The van der Waals surface area contributed by atoms with Crippen LogP contribution in [0.15, 0.2) is 17.1 Å². The first kappa shape index (κ1) is 10.9. The molecule has 0 bridgehead atoms. The van der Waals surface area contributed by atoms with Crippen LogP contribution in [0, 0.1) is 5.41 Å². The van der Waals surface area contributed by atoms with Gasteiger partial charge in [-0.25, -0.2) is 0 Å². The topological polar surface area (TPSA) is 12.4 Å². The molecule has 0 spiro atoms. The van der Waals surface area contributed by atoms with Gasteiger partial charge < -0.3 is 0 Å². The normalized spacial score (nSPS) is 12.4. The predicted octanol–water partition coefficient (Wildman–Crippen LogP) is 3.05. The molecule has 0 aliphatic carbocycles. The van der Waals surface area contributed by atoms with Gasteiger partial charge in [-0.1, -0.05) is 41.9 Å². The fourth-order valence-electron chi connectivity index (χ4n) is 0.483. The molecule has 0 saturated carbocycles. The highest BCUT2D eigenvalue weighted by Crippen LogP contribution is 2.14. The van der Waals surface area contributed by atoms with Gasteiger partial charge in [-0.05, 0) is 6.92 Å². The molecule has 0 amide bonds. The molecule has 0 heterocycles. The zero-order chi connectivity index (χ0) is 8.91. The van der Waals surface area contributed by atoms with Crippen molar-refractivity contribution in [3.05, 3.63) is 12.2 Å². The molecular weight excluding hydrogens is 202 g/mol. The first-order valence-electron chi connectivity index (χ1n) is 3.69. The second-order valence-corrected chi connectivity index (χ2v) is 4.11. The van der Waals surface area contributed by atoms with Crippen LogP contribution in [0.5, 0.6) is 0 Å². The summed E-state index contributed by atoms with van der Waals surface area (Å²) in [5, 5.41) is 0.944. The molecule has 0 aromatic rings. The highest BCUT2D eigenvalue weighted by Gasteiger charge is 2.11. The monoisotopic (exact) mass is 217 g/mol. The lowest BCUT2D eigenvalue weighted by atomic mass is 9.99. The van der Waals surface area contributed by atoms with E-state index >= 15 is 0 Å². The largest absolute Gasteiger partial charge is 0.293 e. The first-order chi connectivity index (χ1) is 4.98. The van der Waals surface area contributed by atoms with Gasteiger partial charge in [0.2, 0.25) is 0 Å². The van der Waals surface area contributed by atoms with Crippen LogP contribution in [0.3, 0.4) is 0 Å². The molecule has 0 aliphatic heterocycles. The molecule has 0 atom stereocenters. The van der Waals surface area contributed by atoms with Crippen LogP contribution in [0.25, 0.3) is 0 Å². The third-order valence-electron chi connectivity index (χ3n) is 1.15. The molecule has 0 aromatic heterocycles. The van der Waals surface area contributed by atoms with Gasteiger partial charge in [0.25, 0.3) is 0 Å². The van der Waals surface area contributed by atoms with E-state index in [2.05, 4.69) is 41.3 Å². The third-order valence-corrected chi connectivity index (χ3v) is 2.59. The van der Waals surface area contributed by atoms with Crippen molar-refractivity contribution in [2.24, 2.45) is 10.4 Å². The summed E-state index contributed by atoms with van der Waals surface area (Å²) in [4.78, 5) is 4.26. The van der Waals surface area contributed by atoms with E-state index in [-0.39, 0.29) is 5.41 Å². The Hall–Kier alpha value is -0.110. The Morgan fingerprint density at radius 1 is 1.64 bits per heavy atom. The number of rotatable bonds is 4. The predicted molar refractivity (Wildman–Crippen MR) is 55.7 cm³/mol. The first-order valence-corrected chi connectivity index (χ1v) is 4.81. The summed E-state index contributed by atoms with van der Waals surface area (Å²) >= 11 is 3.42. The Morgan fingerprint density at radius 3 is 2.55 bits per heavy atom. The molecule has 0 aliphatic rings. The van der Waals surface area contributed by atoms with Gasteiger partial charge >= 0.3 is 0 Å². The Kier molecular flexibility index (Phi) is 4.66. The summed E-state index contributed by atoms with van der Waals surface area (Å²) in [6, 6.07) is 0. The van der Waals surface area contributed by atoms with Crippen LogP contribution in [0.2, 0.25) is 0 Å². The minimum absolute atomic E-state index is 0.162. The van der Waals surface area contributed by atoms with Gasteiger partial charge in [0.1, 0.15) is 0 Å². The molecule has 0 radical (unpaired) electrons. The van der Waals surface area contributed by atoms with E-state index < -0.39 is 0 Å². The van der Waals surface area contributed by atoms with Crippen LogP contribution >= 0.6 is 15.9 Å². The van der Waals surface area contributed by atoms with Gasteiger partial charge in [-0.3, -0.25) is 4.99 Å². The SMILES string of the molecule is C=C(C)CN=CC(C)(C)CBr. The number of nitrogens with zero attached hydrogens (tertiary/aromatic N) is 1. The van der Waals surface area contributed by atoms with Gasteiger partial charge in [-0.15, -0.1) is 0 Å². The van der Waals surface area contributed by atoms with Gasteiger partial charge in [0, 0.05) is 17.0 Å². The molecule has 0 unspecified atom stereocenters. The average Bonchev–Trinajstić information content (AvgIpc) is 1.87. The summed E-state index contributed by atoms with van der Waals surface area (Å²) < 4.78 is 0. The van der Waals surface area contributed by atoms with E-state index in [9.17, 15) is 0 Å². The number of hydrogen-bond donors (Lipinski definition) is 0. The van der Waals surface area contributed by atoms with Crippen molar-refractivity contribution >= 4 is 22.1 Å². The molecule has 0 fully saturated rings. The van der Waals surface area contributed by atoms with Crippen LogP contribution in [0.4, 0.5) is 0 Å². The average molecular weight is 218 g/mol. The third kappa shape index (κ3) is 6.29. The van der Waals surface area contributed by atoms with Crippen molar-refractivity contribution < 1.29 is 0 Å². The number of hydrogen-bond acceptors (Lipinski definition) is 1. The van der Waals surface area contributed by atoms with Crippen molar-refractivity contribution in [1.29, 1.82) is 0 Å². The van der Waals surface area contributed by atoms with Gasteiger partial charge in [-0.2, -0.15) is 0 Å². The number of aliphatic imine (C=N–C) groups is 1. The molecular formula is C9H16BrN. The second kappa shape index (κ2) is 4.70. The fourth-order valence-corrected chi connectivity index (χ4v) is 0.628. The van der Waals surface area contributed by atoms with Crippen molar-refractivity contribution in [2.45, 2.75) is 20.8 Å². The second-order valence-electron chi connectivity index (χ2n) is 3.55. The molecule has 0 saturated heterocycles. The summed E-state index contributed by atoms with van der Waals surface area (Å²) in [5.74, 6) is 0. The van der Waals surface area contributed by atoms with E-state index in [1.54, 1.807) is 0 Å². The summed E-state index contributed by atoms with van der Waals surface area (Å²) in [7, 11) is 0. The van der Waals surface area contributed by atoms with E-state index in [1.165, 1.54) is 0 Å². The lowest BCUT2D eigenvalue weighted by molar-refractivity contribution is 0.622. The molecule has 11 heavy (non-hydrogen) atoms. The standard InChI is InChI=1S/C9H16BrN/c1-8(2)5-11-7-9(3,4)6-10/h7H,1,5-6H2,2-4H3. The number of halogens is 1. The maximum absolute atomic E-state index is 4.26. The summed E-state index contributed by atoms with van der Waals surface area (Å²) in [5.41, 5.74) is 1.27. The van der Waals surface area contributed by atoms with Crippen LogP contribution in [-0.2, 0) is 0 Å². The van der Waals surface area contributed by atoms with E-state index in [1.807, 2.05) is 13.1 Å². The van der Waals surface area contributed by atoms with Crippen LogP contribution < -0.4 is 0 Å². The smallest absolute Gasteiger partial charge is 0.0590 e. The minimum Gasteiger partial charge on any atom is -0.293 e. The minimum atomic E-state index is 0.162. The van der Waals surface area contributed by atoms with Gasteiger partial charge in [0.15, 0.2) is 0 Å². The Balaban J connectivity index is 3.82. The van der Waals surface area contributed by atoms with Crippen molar-refractivity contribution in [3.8, 4) is 0 Å². The molecule has 0 N–H and O–H groups in total. The molecule has 0 rings (SSSR count). The summed E-state index contributed by atoms with van der Waals surface area (Å²) in [6.07, 6.45) is 1.98. The highest BCUT2D eigenvalue weighted by molar-refractivity contribution is 9.09. The molecule has 2 heteroatoms. The quantitative estimate of drug-likeness (QED) is 0.390. The maximum Gasteiger partial charge on any atom is 0.0590 e. The maximum atomic E-state index is 4.26. The van der Waals surface area contributed by atoms with Crippen LogP contribution in [-0.4, -0.2) is 18.1 Å². The lowest BCUT2D eigenvalue weighted by Gasteiger charge is -2.14. The zero-order valence-corrected chi connectivity index (χ0v) is 9.11. The van der Waals surface area contributed by atoms with Crippen molar-refractivity contribution in [1.82, 2.24) is 0 Å². The van der Waals surface area contributed by atoms with E-state index in [4.69, 9.17) is 0 Å². The summed E-state index contributed by atoms with van der Waals surface area (Å²) in [6.45, 7) is 10.8. The highest BCUT2D eigenvalue weighted by atomic mass is 79.9. The van der Waals surface area contributed by atoms with Crippen molar-refractivity contribution in [3.63, 3.8) is 0 Å². The van der Waals surface area contributed by atoms with E-state index in [0.29, 0.717) is 0 Å². The van der Waals surface area contributed by atoms with E-state index in [0.717, 1.165) is 17.4 Å². The number of alkyl halides is 1. The Bertz CT molecular complexity index is 159. The zero-order valence-electron chi connectivity index (χ0n) is 7.52. The Morgan fingerprint density at radius 2 is 2.18 bits per heavy atom. The molecule has 1 nitrogen and oxygen atoms in total. The molecule has 0 aromatic carbocycles. The fraction of sp³-hybridized carbons (Fsp3) is 0.667. The van der Waals surface area contributed by atoms with Crippen LogP contribution in [0.1, 0.15) is 20.8 Å². The van der Waals surface area contributed by atoms with Crippen molar-refractivity contribution in [2.75, 3.05) is 11.9 Å². The lowest BCUT2D eigenvalue weighted by Crippen LogP contribution is -2.14. The Labute approximate surface area is 77.7 Å². The molecule has 64 valence electrons.